The minimum absolute atomic E-state index is 0.150. The Morgan fingerprint density at radius 2 is 1.57 bits per heavy atom. The monoisotopic (exact) mass is 188 g/mol. The lowest BCUT2D eigenvalue weighted by molar-refractivity contribution is -0.115. The third kappa shape index (κ3) is 1.37. The van der Waals surface area contributed by atoms with E-state index in [9.17, 15) is 4.79 Å². The molecule has 0 amide bonds. The Bertz CT molecular complexity index is 359. The van der Waals surface area contributed by atoms with E-state index in [0.717, 1.165) is 19.1 Å². The summed E-state index contributed by atoms with van der Waals surface area (Å²) in [5, 5.41) is 0. The molecule has 0 N–H and O–H groups in total. The maximum absolute atomic E-state index is 11.0. The largest absolute Gasteiger partial charge is 0.303 e. The van der Waals surface area contributed by atoms with Crippen LogP contribution in [0.1, 0.15) is 29.2 Å². The Balaban J connectivity index is 2.45. The number of carbonyl (C=O) groups excluding carboxylic acids is 1. The molecule has 0 bridgehead atoms. The maximum Gasteiger partial charge on any atom is 0.126 e. The Kier molecular flexibility index (Phi) is 1.99. The Morgan fingerprint density at radius 1 is 1.14 bits per heavy atom. The van der Waals surface area contributed by atoms with E-state index in [1.54, 1.807) is 0 Å². The van der Waals surface area contributed by atoms with Crippen LogP contribution in [-0.2, 0) is 17.6 Å². The molecule has 0 atom stereocenters. The molecule has 1 aromatic rings. The molecule has 1 aromatic carbocycles. The molecule has 0 saturated heterocycles. The number of carbonyl (C=O) groups is 1. The fourth-order valence-corrected chi connectivity index (χ4v) is 2.28. The second kappa shape index (κ2) is 2.94. The van der Waals surface area contributed by atoms with Crippen molar-refractivity contribution in [2.45, 2.75) is 33.6 Å². The van der Waals surface area contributed by atoms with Crippen LogP contribution in [0.15, 0.2) is 12.1 Å². The summed E-state index contributed by atoms with van der Waals surface area (Å²) >= 11 is 0. The number of rotatable bonds is 1. The van der Waals surface area contributed by atoms with E-state index in [-0.39, 0.29) is 5.41 Å². The van der Waals surface area contributed by atoms with Crippen LogP contribution in [0.4, 0.5) is 0 Å². The standard InChI is InChI=1S/C13H16O/c1-9-4-11-6-13(3,8-14)7-12(11)5-10(9)2/h4-5,8H,6-7H2,1-3H3. The lowest BCUT2D eigenvalue weighted by atomic mass is 9.89. The van der Waals surface area contributed by atoms with Gasteiger partial charge in [-0.2, -0.15) is 0 Å². The molecule has 0 aromatic heterocycles. The number of aldehydes is 1. The number of hydrogen-bond acceptors (Lipinski definition) is 1. The molecule has 0 unspecified atom stereocenters. The first kappa shape index (κ1) is 9.45. The van der Waals surface area contributed by atoms with Gasteiger partial charge in [0.25, 0.3) is 0 Å². The predicted octanol–water partition coefficient (Wildman–Crippen LogP) is 2.61. The third-order valence-electron chi connectivity index (χ3n) is 3.29. The van der Waals surface area contributed by atoms with Crippen molar-refractivity contribution in [2.24, 2.45) is 5.41 Å². The topological polar surface area (TPSA) is 17.1 Å². The van der Waals surface area contributed by atoms with Crippen LogP contribution in [0.5, 0.6) is 0 Å². The third-order valence-corrected chi connectivity index (χ3v) is 3.29. The highest BCUT2D eigenvalue weighted by atomic mass is 16.1. The van der Waals surface area contributed by atoms with Crippen LogP contribution >= 0.6 is 0 Å². The lowest BCUT2D eigenvalue weighted by Gasteiger charge is -2.12. The molecule has 14 heavy (non-hydrogen) atoms. The van der Waals surface area contributed by atoms with E-state index in [4.69, 9.17) is 0 Å². The van der Waals surface area contributed by atoms with Gasteiger partial charge in [-0.15, -0.1) is 0 Å². The summed E-state index contributed by atoms with van der Waals surface area (Å²) in [6, 6.07) is 4.47. The molecule has 2 rings (SSSR count). The number of fused-ring (bicyclic) bond motifs is 1. The van der Waals surface area contributed by atoms with Crippen molar-refractivity contribution in [3.63, 3.8) is 0 Å². The van der Waals surface area contributed by atoms with E-state index in [0.29, 0.717) is 0 Å². The summed E-state index contributed by atoms with van der Waals surface area (Å²) in [6.45, 7) is 6.31. The van der Waals surface area contributed by atoms with Gasteiger partial charge in [-0.3, -0.25) is 0 Å². The van der Waals surface area contributed by atoms with Gasteiger partial charge in [-0.1, -0.05) is 19.1 Å². The molecule has 0 saturated carbocycles. The predicted molar refractivity (Wildman–Crippen MR) is 57.5 cm³/mol. The quantitative estimate of drug-likeness (QED) is 0.619. The molecule has 1 aliphatic rings. The highest BCUT2D eigenvalue weighted by Gasteiger charge is 2.32. The van der Waals surface area contributed by atoms with E-state index < -0.39 is 0 Å². The highest BCUT2D eigenvalue weighted by Crippen LogP contribution is 2.36. The average Bonchev–Trinajstić information content (AvgIpc) is 2.43. The zero-order valence-electron chi connectivity index (χ0n) is 9.05. The smallest absolute Gasteiger partial charge is 0.126 e. The first-order valence-corrected chi connectivity index (χ1v) is 5.09. The van der Waals surface area contributed by atoms with Crippen LogP contribution in [0, 0.1) is 19.3 Å². The molecule has 0 fully saturated rings. The zero-order chi connectivity index (χ0) is 10.3. The van der Waals surface area contributed by atoms with Gasteiger partial charge in [0.15, 0.2) is 0 Å². The molecule has 0 aliphatic heterocycles. The van der Waals surface area contributed by atoms with Crippen molar-refractivity contribution in [1.82, 2.24) is 0 Å². The van der Waals surface area contributed by atoms with Gasteiger partial charge in [-0.05, 0) is 48.9 Å². The molecule has 0 heterocycles. The van der Waals surface area contributed by atoms with E-state index in [1.807, 2.05) is 6.92 Å². The Labute approximate surface area is 85.1 Å². The van der Waals surface area contributed by atoms with Gasteiger partial charge in [0, 0.05) is 5.41 Å². The van der Waals surface area contributed by atoms with Gasteiger partial charge < -0.3 is 4.79 Å². The average molecular weight is 188 g/mol. The second-order valence-corrected chi connectivity index (χ2v) is 4.83. The normalized spacial score (nSPS) is 17.9. The highest BCUT2D eigenvalue weighted by molar-refractivity contribution is 5.63. The molecule has 74 valence electrons. The molecule has 0 radical (unpaired) electrons. The zero-order valence-corrected chi connectivity index (χ0v) is 9.05. The molecular formula is C13H16O. The minimum Gasteiger partial charge on any atom is -0.303 e. The SMILES string of the molecule is Cc1cc2c(cc1C)CC(C)(C=O)C2. The molecular weight excluding hydrogens is 172 g/mol. The second-order valence-electron chi connectivity index (χ2n) is 4.83. The fraction of sp³-hybridized carbons (Fsp3) is 0.462. The molecule has 1 aliphatic carbocycles. The summed E-state index contributed by atoms with van der Waals surface area (Å²) in [7, 11) is 0. The van der Waals surface area contributed by atoms with Crippen molar-refractivity contribution in [1.29, 1.82) is 0 Å². The number of aryl methyl sites for hydroxylation is 2. The van der Waals surface area contributed by atoms with Crippen molar-refractivity contribution in [3.05, 3.63) is 34.4 Å². The van der Waals surface area contributed by atoms with Gasteiger partial charge >= 0.3 is 0 Å². The summed E-state index contributed by atoms with van der Waals surface area (Å²) in [4.78, 5) is 11.0. The van der Waals surface area contributed by atoms with Crippen LogP contribution in [0.2, 0.25) is 0 Å². The van der Waals surface area contributed by atoms with Crippen molar-refractivity contribution in [2.75, 3.05) is 0 Å². The van der Waals surface area contributed by atoms with Gasteiger partial charge in [0.2, 0.25) is 0 Å². The minimum atomic E-state index is -0.150. The number of hydrogen-bond donors (Lipinski definition) is 0. The summed E-state index contributed by atoms with van der Waals surface area (Å²) in [5.74, 6) is 0. The van der Waals surface area contributed by atoms with Crippen LogP contribution in [0.3, 0.4) is 0 Å². The van der Waals surface area contributed by atoms with Crippen LogP contribution in [-0.4, -0.2) is 6.29 Å². The molecule has 0 spiro atoms. The first-order valence-electron chi connectivity index (χ1n) is 5.09. The van der Waals surface area contributed by atoms with Crippen molar-refractivity contribution >= 4 is 6.29 Å². The van der Waals surface area contributed by atoms with Gasteiger partial charge in [-0.25, -0.2) is 0 Å². The summed E-state index contributed by atoms with van der Waals surface area (Å²) in [5.41, 5.74) is 5.24. The number of benzene rings is 1. The Morgan fingerprint density at radius 3 is 1.93 bits per heavy atom. The van der Waals surface area contributed by atoms with E-state index in [1.165, 1.54) is 22.3 Å². The maximum atomic E-state index is 11.0. The van der Waals surface area contributed by atoms with E-state index >= 15 is 0 Å². The van der Waals surface area contributed by atoms with Gasteiger partial charge in [0.05, 0.1) is 0 Å². The van der Waals surface area contributed by atoms with Crippen LogP contribution < -0.4 is 0 Å². The van der Waals surface area contributed by atoms with E-state index in [2.05, 4.69) is 26.0 Å². The fourth-order valence-electron chi connectivity index (χ4n) is 2.28. The summed E-state index contributed by atoms with van der Waals surface area (Å²) in [6.07, 6.45) is 2.93. The molecule has 1 heteroatoms. The van der Waals surface area contributed by atoms with Gasteiger partial charge in [0.1, 0.15) is 6.29 Å². The lowest BCUT2D eigenvalue weighted by Crippen LogP contribution is -2.17. The first-order chi connectivity index (χ1) is 6.54. The Hall–Kier alpha value is -1.11. The summed E-state index contributed by atoms with van der Waals surface area (Å²) < 4.78 is 0. The van der Waals surface area contributed by atoms with Crippen LogP contribution in [0.25, 0.3) is 0 Å². The van der Waals surface area contributed by atoms with Crippen molar-refractivity contribution in [3.8, 4) is 0 Å². The molecule has 1 nitrogen and oxygen atoms in total. The van der Waals surface area contributed by atoms with Crippen molar-refractivity contribution < 1.29 is 4.79 Å².